The van der Waals surface area contributed by atoms with Gasteiger partial charge in [-0.15, -0.1) is 0 Å². The van der Waals surface area contributed by atoms with Crippen molar-refractivity contribution in [2.75, 3.05) is 46.3 Å². The van der Waals surface area contributed by atoms with Crippen LogP contribution in [0.1, 0.15) is 59.8 Å². The van der Waals surface area contributed by atoms with E-state index in [1.54, 1.807) is 0 Å². The fourth-order valence-corrected chi connectivity index (χ4v) is 4.16. The minimum atomic E-state index is -0.415. The van der Waals surface area contributed by atoms with Gasteiger partial charge in [0.2, 0.25) is 0 Å². The Morgan fingerprint density at radius 3 is 2.29 bits per heavy atom. The van der Waals surface area contributed by atoms with E-state index in [-0.39, 0.29) is 11.6 Å². The fourth-order valence-electron chi connectivity index (χ4n) is 4.16. The van der Waals surface area contributed by atoms with E-state index in [1.807, 2.05) is 25.7 Å². The van der Waals surface area contributed by atoms with Gasteiger partial charge < -0.3 is 14.5 Å². The molecule has 0 aliphatic carbocycles. The van der Waals surface area contributed by atoms with Crippen LogP contribution in [0.15, 0.2) is 0 Å². The smallest absolute Gasteiger partial charge is 0.410 e. The predicted molar refractivity (Wildman–Crippen MR) is 98.4 cm³/mol. The Morgan fingerprint density at radius 1 is 1.04 bits per heavy atom. The summed E-state index contributed by atoms with van der Waals surface area (Å²) in [5.74, 6) is 0. The van der Waals surface area contributed by atoms with Crippen molar-refractivity contribution in [2.24, 2.45) is 0 Å². The zero-order chi connectivity index (χ0) is 17.8. The van der Waals surface area contributed by atoms with Crippen molar-refractivity contribution in [3.8, 4) is 0 Å². The number of ether oxygens (including phenoxy) is 1. The molecule has 2 aliphatic heterocycles. The van der Waals surface area contributed by atoms with E-state index in [1.165, 1.54) is 19.3 Å². The fraction of sp³-hybridized carbons (Fsp3) is 0.947. The number of likely N-dealkylation sites (tertiary alicyclic amines) is 1. The van der Waals surface area contributed by atoms with E-state index < -0.39 is 5.60 Å². The molecule has 5 heteroatoms. The summed E-state index contributed by atoms with van der Waals surface area (Å²) in [7, 11) is 2.21. The Balaban J connectivity index is 2.03. The van der Waals surface area contributed by atoms with Crippen LogP contribution >= 0.6 is 0 Å². The SMILES string of the molecule is CCCC1(N2CCN(C)CC2)CCCN(C(=O)OC(C)(C)C)CC1. The van der Waals surface area contributed by atoms with Crippen LogP contribution in [-0.4, -0.2) is 78.2 Å². The van der Waals surface area contributed by atoms with Gasteiger partial charge in [-0.2, -0.15) is 0 Å². The molecule has 0 bridgehead atoms. The van der Waals surface area contributed by atoms with Gasteiger partial charge in [0, 0.05) is 44.8 Å². The molecule has 0 radical (unpaired) electrons. The van der Waals surface area contributed by atoms with Gasteiger partial charge in [-0.3, -0.25) is 4.90 Å². The van der Waals surface area contributed by atoms with E-state index in [9.17, 15) is 4.79 Å². The highest BCUT2D eigenvalue weighted by molar-refractivity contribution is 5.68. The number of amides is 1. The van der Waals surface area contributed by atoms with Gasteiger partial charge in [-0.25, -0.2) is 4.79 Å². The molecular weight excluding hydrogens is 302 g/mol. The molecule has 1 unspecified atom stereocenters. The summed E-state index contributed by atoms with van der Waals surface area (Å²) in [6.07, 6.45) is 5.64. The molecule has 1 amide bonds. The van der Waals surface area contributed by atoms with Crippen molar-refractivity contribution in [1.82, 2.24) is 14.7 Å². The number of rotatable bonds is 3. The lowest BCUT2D eigenvalue weighted by atomic mass is 9.83. The first kappa shape index (κ1) is 19.5. The summed E-state index contributed by atoms with van der Waals surface area (Å²) in [5, 5.41) is 0. The summed E-state index contributed by atoms with van der Waals surface area (Å²) >= 11 is 0. The van der Waals surface area contributed by atoms with Gasteiger partial charge in [-0.05, 0) is 53.5 Å². The largest absolute Gasteiger partial charge is 0.444 e. The van der Waals surface area contributed by atoms with Crippen LogP contribution in [0.5, 0.6) is 0 Å². The molecule has 0 aromatic rings. The van der Waals surface area contributed by atoms with E-state index in [0.29, 0.717) is 0 Å². The summed E-state index contributed by atoms with van der Waals surface area (Å²) in [5.41, 5.74) is -0.145. The van der Waals surface area contributed by atoms with Crippen molar-refractivity contribution in [3.05, 3.63) is 0 Å². The molecule has 5 nitrogen and oxygen atoms in total. The van der Waals surface area contributed by atoms with Crippen molar-refractivity contribution < 1.29 is 9.53 Å². The van der Waals surface area contributed by atoms with E-state index in [4.69, 9.17) is 4.74 Å². The van der Waals surface area contributed by atoms with Gasteiger partial charge in [0.1, 0.15) is 5.60 Å². The minimum Gasteiger partial charge on any atom is -0.444 e. The quantitative estimate of drug-likeness (QED) is 0.791. The molecule has 0 N–H and O–H groups in total. The number of nitrogens with zero attached hydrogens (tertiary/aromatic N) is 3. The zero-order valence-electron chi connectivity index (χ0n) is 16.4. The highest BCUT2D eigenvalue weighted by atomic mass is 16.6. The molecule has 2 fully saturated rings. The van der Waals surface area contributed by atoms with E-state index in [0.717, 1.165) is 52.1 Å². The second-order valence-corrected chi connectivity index (χ2v) is 8.59. The summed E-state index contributed by atoms with van der Waals surface area (Å²) in [4.78, 5) is 19.5. The Hall–Kier alpha value is -0.810. The van der Waals surface area contributed by atoms with Gasteiger partial charge in [0.15, 0.2) is 0 Å². The Kier molecular flexibility index (Phi) is 6.54. The minimum absolute atomic E-state index is 0.145. The second kappa shape index (κ2) is 8.05. The summed E-state index contributed by atoms with van der Waals surface area (Å²) in [6, 6.07) is 0. The van der Waals surface area contributed by atoms with Gasteiger partial charge in [0.05, 0.1) is 0 Å². The van der Waals surface area contributed by atoms with E-state index >= 15 is 0 Å². The summed E-state index contributed by atoms with van der Waals surface area (Å²) in [6.45, 7) is 14.4. The van der Waals surface area contributed by atoms with Crippen LogP contribution in [0, 0.1) is 0 Å². The molecule has 0 aromatic carbocycles. The van der Waals surface area contributed by atoms with Crippen LogP contribution in [0.25, 0.3) is 0 Å². The van der Waals surface area contributed by atoms with Crippen LogP contribution in [0.3, 0.4) is 0 Å². The van der Waals surface area contributed by atoms with Crippen molar-refractivity contribution in [1.29, 1.82) is 0 Å². The normalized spacial score (nSPS) is 27.8. The molecule has 2 saturated heterocycles. The molecular formula is C19H37N3O2. The van der Waals surface area contributed by atoms with Crippen LogP contribution in [-0.2, 0) is 4.74 Å². The van der Waals surface area contributed by atoms with Crippen molar-refractivity contribution in [2.45, 2.75) is 70.9 Å². The third-order valence-electron chi connectivity index (χ3n) is 5.46. The van der Waals surface area contributed by atoms with Crippen molar-refractivity contribution in [3.63, 3.8) is 0 Å². The molecule has 0 spiro atoms. The Bertz CT molecular complexity index is 413. The lowest BCUT2D eigenvalue weighted by Gasteiger charge is -2.47. The predicted octanol–water partition coefficient (Wildman–Crippen LogP) is 3.19. The van der Waals surface area contributed by atoms with Crippen LogP contribution < -0.4 is 0 Å². The topological polar surface area (TPSA) is 36.0 Å². The van der Waals surface area contributed by atoms with Crippen LogP contribution in [0.4, 0.5) is 4.79 Å². The maximum Gasteiger partial charge on any atom is 0.410 e. The zero-order valence-corrected chi connectivity index (χ0v) is 16.4. The third kappa shape index (κ3) is 5.09. The summed E-state index contributed by atoms with van der Waals surface area (Å²) < 4.78 is 5.59. The van der Waals surface area contributed by atoms with E-state index in [2.05, 4.69) is 23.8 Å². The first-order chi connectivity index (χ1) is 11.3. The standard InChI is InChI=1S/C19H37N3O2/c1-6-8-19(22-15-13-20(5)14-16-22)9-7-11-21(12-10-19)17(23)24-18(2,3)4/h6-16H2,1-5H3. The Labute approximate surface area is 148 Å². The average molecular weight is 340 g/mol. The molecule has 0 saturated carbocycles. The Morgan fingerprint density at radius 2 is 1.71 bits per heavy atom. The number of carbonyl (C=O) groups excluding carboxylic acids is 1. The molecule has 2 aliphatic rings. The lowest BCUT2D eigenvalue weighted by Crippen LogP contribution is -2.56. The maximum absolute atomic E-state index is 12.4. The number of carbonyl (C=O) groups is 1. The number of hydrogen-bond donors (Lipinski definition) is 0. The number of hydrogen-bond acceptors (Lipinski definition) is 4. The number of likely N-dealkylation sites (N-methyl/N-ethyl adjacent to an activating group) is 1. The first-order valence-electron chi connectivity index (χ1n) is 9.67. The molecule has 24 heavy (non-hydrogen) atoms. The highest BCUT2D eigenvalue weighted by Crippen LogP contribution is 2.34. The van der Waals surface area contributed by atoms with Crippen molar-refractivity contribution >= 4 is 6.09 Å². The van der Waals surface area contributed by atoms with Gasteiger partial charge in [0.25, 0.3) is 0 Å². The molecule has 1 atom stereocenters. The molecule has 140 valence electrons. The number of piperazine rings is 1. The first-order valence-corrected chi connectivity index (χ1v) is 9.67. The van der Waals surface area contributed by atoms with Crippen LogP contribution in [0.2, 0.25) is 0 Å². The molecule has 2 rings (SSSR count). The average Bonchev–Trinajstić information content (AvgIpc) is 2.70. The highest BCUT2D eigenvalue weighted by Gasteiger charge is 2.39. The van der Waals surface area contributed by atoms with Gasteiger partial charge >= 0.3 is 6.09 Å². The second-order valence-electron chi connectivity index (χ2n) is 8.59. The molecule has 2 heterocycles. The van der Waals surface area contributed by atoms with Gasteiger partial charge in [-0.1, -0.05) is 13.3 Å². The third-order valence-corrected chi connectivity index (χ3v) is 5.46. The molecule has 0 aromatic heterocycles. The maximum atomic E-state index is 12.4. The monoisotopic (exact) mass is 339 g/mol. The lowest BCUT2D eigenvalue weighted by molar-refractivity contribution is 0.0148.